The summed E-state index contributed by atoms with van der Waals surface area (Å²) in [4.78, 5) is 4.10. The molecule has 1 aliphatic heterocycles. The fourth-order valence-corrected chi connectivity index (χ4v) is 3.84. The van der Waals surface area contributed by atoms with E-state index in [2.05, 4.69) is 16.8 Å². The molecule has 6 nitrogen and oxygen atoms in total. The summed E-state index contributed by atoms with van der Waals surface area (Å²) in [6, 6.07) is 1.52. The fourth-order valence-electron chi connectivity index (χ4n) is 2.26. The molecule has 0 amide bonds. The number of ether oxygens (including phenoxy) is 1. The normalized spacial score (nSPS) is 23.4. The van der Waals surface area contributed by atoms with Gasteiger partial charge in [-0.3, -0.25) is 4.98 Å². The van der Waals surface area contributed by atoms with Crippen molar-refractivity contribution in [2.75, 3.05) is 19.6 Å². The maximum Gasteiger partial charge on any atom is 0.244 e. The van der Waals surface area contributed by atoms with E-state index in [1.165, 1.54) is 22.8 Å². The lowest BCUT2D eigenvalue weighted by atomic mass is 10.3. The fraction of sp³-hybridized carbons (Fsp3) is 0.500. The first-order valence-electron chi connectivity index (χ1n) is 6.73. The third-order valence-corrected chi connectivity index (χ3v) is 4.87. The van der Waals surface area contributed by atoms with Gasteiger partial charge in [-0.05, 0) is 19.9 Å². The van der Waals surface area contributed by atoms with Crippen LogP contribution < -0.4 is 5.73 Å². The van der Waals surface area contributed by atoms with Gasteiger partial charge in [0.05, 0.1) is 18.8 Å². The van der Waals surface area contributed by atoms with Crippen LogP contribution in [0.3, 0.4) is 0 Å². The van der Waals surface area contributed by atoms with Crippen molar-refractivity contribution in [2.24, 2.45) is 5.73 Å². The van der Waals surface area contributed by atoms with Crippen LogP contribution in [0.4, 0.5) is 0 Å². The molecule has 0 unspecified atom stereocenters. The third kappa shape index (κ3) is 3.80. The van der Waals surface area contributed by atoms with E-state index < -0.39 is 10.0 Å². The van der Waals surface area contributed by atoms with Crippen molar-refractivity contribution in [3.05, 3.63) is 24.0 Å². The van der Waals surface area contributed by atoms with Crippen LogP contribution >= 0.6 is 0 Å². The lowest BCUT2D eigenvalue weighted by Crippen LogP contribution is -2.48. The predicted octanol–water partition coefficient (Wildman–Crippen LogP) is 0.190. The number of sulfonamides is 1. The highest BCUT2D eigenvalue weighted by Gasteiger charge is 2.32. The number of pyridine rings is 1. The standard InChI is InChI=1S/C14H19N3O3S/c1-11-9-17(10-12(2)20-11)21(18,19)14-6-13(4-3-5-15)7-16-8-14/h6-8,11-12H,5,9-10,15H2,1-2H3/t11-,12+. The quantitative estimate of drug-likeness (QED) is 0.788. The third-order valence-electron chi connectivity index (χ3n) is 3.07. The van der Waals surface area contributed by atoms with Crippen molar-refractivity contribution in [2.45, 2.75) is 31.0 Å². The SMILES string of the molecule is C[C@@H]1CN(S(=O)(=O)c2cncc(C#CCN)c2)C[C@H](C)O1. The number of aromatic nitrogens is 1. The van der Waals surface area contributed by atoms with E-state index in [9.17, 15) is 8.42 Å². The first kappa shape index (κ1) is 15.9. The molecule has 1 fully saturated rings. The average molecular weight is 309 g/mol. The van der Waals surface area contributed by atoms with Crippen LogP contribution in [0.5, 0.6) is 0 Å². The van der Waals surface area contributed by atoms with E-state index in [0.717, 1.165) is 0 Å². The number of rotatable bonds is 2. The molecule has 1 aromatic heterocycles. The summed E-state index contributed by atoms with van der Waals surface area (Å²) >= 11 is 0. The minimum absolute atomic E-state index is 0.128. The van der Waals surface area contributed by atoms with Crippen LogP contribution in [0.1, 0.15) is 19.4 Å². The molecule has 2 rings (SSSR count). The molecular formula is C14H19N3O3S. The van der Waals surface area contributed by atoms with Gasteiger partial charge in [0.25, 0.3) is 0 Å². The Balaban J connectivity index is 2.31. The molecule has 114 valence electrons. The van der Waals surface area contributed by atoms with Crippen molar-refractivity contribution in [1.82, 2.24) is 9.29 Å². The van der Waals surface area contributed by atoms with E-state index in [1.54, 1.807) is 0 Å². The van der Waals surface area contributed by atoms with E-state index in [4.69, 9.17) is 10.5 Å². The monoisotopic (exact) mass is 309 g/mol. The van der Waals surface area contributed by atoms with Crippen LogP contribution in [-0.4, -0.2) is 49.5 Å². The van der Waals surface area contributed by atoms with E-state index in [0.29, 0.717) is 18.7 Å². The van der Waals surface area contributed by atoms with Crippen LogP contribution in [0, 0.1) is 11.8 Å². The minimum atomic E-state index is -3.58. The van der Waals surface area contributed by atoms with Crippen LogP contribution in [0.15, 0.2) is 23.4 Å². The maximum absolute atomic E-state index is 12.7. The predicted molar refractivity (Wildman–Crippen MR) is 78.9 cm³/mol. The molecule has 2 atom stereocenters. The zero-order chi connectivity index (χ0) is 15.5. The lowest BCUT2D eigenvalue weighted by molar-refractivity contribution is -0.0440. The Morgan fingerprint density at radius 3 is 2.67 bits per heavy atom. The average Bonchev–Trinajstić information content (AvgIpc) is 2.44. The zero-order valence-electron chi connectivity index (χ0n) is 12.1. The van der Waals surface area contributed by atoms with Crippen molar-refractivity contribution in [3.63, 3.8) is 0 Å². The molecule has 0 bridgehead atoms. The van der Waals surface area contributed by atoms with Gasteiger partial charge in [0.2, 0.25) is 10.0 Å². The largest absolute Gasteiger partial charge is 0.373 e. The summed E-state index contributed by atoms with van der Waals surface area (Å²) in [7, 11) is -3.58. The molecule has 2 heterocycles. The van der Waals surface area contributed by atoms with Gasteiger partial charge in [-0.15, -0.1) is 0 Å². The topological polar surface area (TPSA) is 85.5 Å². The molecule has 21 heavy (non-hydrogen) atoms. The molecule has 1 aliphatic rings. The highest BCUT2D eigenvalue weighted by Crippen LogP contribution is 2.21. The van der Waals surface area contributed by atoms with Crippen LogP contribution in [0.2, 0.25) is 0 Å². The summed E-state index contributed by atoms with van der Waals surface area (Å²) in [5, 5.41) is 0. The van der Waals surface area contributed by atoms with Gasteiger partial charge in [0.15, 0.2) is 0 Å². The summed E-state index contributed by atoms with van der Waals surface area (Å²) in [6.07, 6.45) is 2.60. The van der Waals surface area contributed by atoms with Gasteiger partial charge in [-0.25, -0.2) is 8.42 Å². The number of hydrogen-bond acceptors (Lipinski definition) is 5. The maximum atomic E-state index is 12.7. The molecule has 0 spiro atoms. The summed E-state index contributed by atoms with van der Waals surface area (Å²) in [5.74, 6) is 5.48. The minimum Gasteiger partial charge on any atom is -0.373 e. The van der Waals surface area contributed by atoms with E-state index in [-0.39, 0.29) is 23.6 Å². The molecule has 0 radical (unpaired) electrons. The Kier molecular flexibility index (Phi) is 4.96. The van der Waals surface area contributed by atoms with E-state index >= 15 is 0 Å². The summed E-state index contributed by atoms with van der Waals surface area (Å²) in [5.41, 5.74) is 5.85. The van der Waals surface area contributed by atoms with Crippen molar-refractivity contribution < 1.29 is 13.2 Å². The summed E-state index contributed by atoms with van der Waals surface area (Å²) in [6.45, 7) is 4.62. The number of nitrogens with zero attached hydrogens (tertiary/aromatic N) is 2. The number of morpholine rings is 1. The van der Waals surface area contributed by atoms with Crippen molar-refractivity contribution in [3.8, 4) is 11.8 Å². The van der Waals surface area contributed by atoms with Crippen molar-refractivity contribution in [1.29, 1.82) is 0 Å². The van der Waals surface area contributed by atoms with Gasteiger partial charge in [0.1, 0.15) is 4.90 Å². The zero-order valence-corrected chi connectivity index (χ0v) is 12.9. The lowest BCUT2D eigenvalue weighted by Gasteiger charge is -2.34. The van der Waals surface area contributed by atoms with Gasteiger partial charge in [0, 0.05) is 31.0 Å². The molecule has 0 aliphatic carbocycles. The van der Waals surface area contributed by atoms with Gasteiger partial charge >= 0.3 is 0 Å². The highest BCUT2D eigenvalue weighted by atomic mass is 32.2. The smallest absolute Gasteiger partial charge is 0.244 e. The highest BCUT2D eigenvalue weighted by molar-refractivity contribution is 7.89. The molecule has 7 heteroatoms. The molecule has 2 N–H and O–H groups in total. The number of nitrogens with two attached hydrogens (primary N) is 1. The Morgan fingerprint density at radius 1 is 1.38 bits per heavy atom. The second-order valence-corrected chi connectivity index (χ2v) is 6.93. The Morgan fingerprint density at radius 2 is 2.05 bits per heavy atom. The van der Waals surface area contributed by atoms with Crippen molar-refractivity contribution >= 4 is 10.0 Å². The Bertz CT molecular complexity index is 654. The molecule has 0 aromatic carbocycles. The molecule has 1 aromatic rings. The molecule has 1 saturated heterocycles. The second-order valence-electron chi connectivity index (χ2n) is 4.99. The van der Waals surface area contributed by atoms with Gasteiger partial charge in [-0.1, -0.05) is 11.8 Å². The van der Waals surface area contributed by atoms with Crippen LogP contribution in [-0.2, 0) is 14.8 Å². The van der Waals surface area contributed by atoms with Gasteiger partial charge < -0.3 is 10.5 Å². The van der Waals surface area contributed by atoms with Gasteiger partial charge in [-0.2, -0.15) is 4.31 Å². The van der Waals surface area contributed by atoms with E-state index in [1.807, 2.05) is 13.8 Å². The Hall–Kier alpha value is -1.46. The first-order valence-corrected chi connectivity index (χ1v) is 8.17. The number of hydrogen-bond donors (Lipinski definition) is 1. The molecule has 0 saturated carbocycles. The summed E-state index contributed by atoms with van der Waals surface area (Å²) < 4.78 is 32.3. The molecular weight excluding hydrogens is 290 g/mol. The second kappa shape index (κ2) is 6.54. The van der Waals surface area contributed by atoms with Crippen LogP contribution in [0.25, 0.3) is 0 Å². The first-order chi connectivity index (χ1) is 9.93. The Labute approximate surface area is 125 Å².